The van der Waals surface area contributed by atoms with Crippen molar-refractivity contribution in [1.82, 2.24) is 14.5 Å². The topological polar surface area (TPSA) is 92.3 Å². The molecule has 0 amide bonds. The van der Waals surface area contributed by atoms with Gasteiger partial charge in [0.05, 0.1) is 17.6 Å². The summed E-state index contributed by atoms with van der Waals surface area (Å²) in [6.45, 7) is 4.59. The Labute approximate surface area is 138 Å². The predicted octanol–water partition coefficient (Wildman–Crippen LogP) is 2.16. The number of carbonyl (C=O) groups excluding carboxylic acids is 1. The number of aromatic nitrogens is 3. The monoisotopic (exact) mass is 326 g/mol. The maximum atomic E-state index is 12.4. The van der Waals surface area contributed by atoms with Crippen LogP contribution in [-0.2, 0) is 16.0 Å². The number of allylic oxidation sites excluding steroid dienone is 1. The number of methoxy groups -OCH3 is 1. The molecule has 0 bridgehead atoms. The lowest BCUT2D eigenvalue weighted by molar-refractivity contribution is 0.0391. The number of anilines is 1. The van der Waals surface area contributed by atoms with Gasteiger partial charge in [0, 0.05) is 13.7 Å². The highest BCUT2D eigenvalue weighted by atomic mass is 16.6. The minimum Gasteiger partial charge on any atom is -0.459 e. The third-order valence-electron chi connectivity index (χ3n) is 3.63. The van der Waals surface area contributed by atoms with Crippen LogP contribution in [-0.4, -0.2) is 40.8 Å². The van der Waals surface area contributed by atoms with E-state index in [-0.39, 0.29) is 18.0 Å². The standard InChI is InChI=1S/C17H18N4O3/c1-3-8-21-15(18)13(17(22)24-10-9-23-2)14-16(21)20-12-7-5-4-6-11(12)19-14/h3-7H,1,8-10,18H2,2H3. The highest BCUT2D eigenvalue weighted by Crippen LogP contribution is 2.28. The minimum absolute atomic E-state index is 0.143. The molecule has 3 aromatic rings. The van der Waals surface area contributed by atoms with Crippen LogP contribution in [0.5, 0.6) is 0 Å². The van der Waals surface area contributed by atoms with Crippen molar-refractivity contribution in [2.75, 3.05) is 26.1 Å². The van der Waals surface area contributed by atoms with Gasteiger partial charge in [-0.15, -0.1) is 6.58 Å². The van der Waals surface area contributed by atoms with Gasteiger partial charge in [0.2, 0.25) is 0 Å². The van der Waals surface area contributed by atoms with E-state index in [1.807, 2.05) is 24.3 Å². The Bertz CT molecular complexity index is 917. The molecular formula is C17H18N4O3. The lowest BCUT2D eigenvalue weighted by Gasteiger charge is -2.05. The zero-order valence-electron chi connectivity index (χ0n) is 13.4. The van der Waals surface area contributed by atoms with Gasteiger partial charge in [-0.3, -0.25) is 0 Å². The number of benzene rings is 1. The van der Waals surface area contributed by atoms with Crippen LogP contribution < -0.4 is 5.73 Å². The smallest absolute Gasteiger partial charge is 0.344 e. The van der Waals surface area contributed by atoms with E-state index in [0.29, 0.717) is 29.8 Å². The first-order valence-corrected chi connectivity index (χ1v) is 7.48. The number of carbonyl (C=O) groups is 1. The second kappa shape index (κ2) is 6.67. The molecule has 0 radical (unpaired) electrons. The van der Waals surface area contributed by atoms with E-state index in [0.717, 1.165) is 5.52 Å². The summed E-state index contributed by atoms with van der Waals surface area (Å²) in [6.07, 6.45) is 1.69. The highest BCUT2D eigenvalue weighted by Gasteiger charge is 2.24. The van der Waals surface area contributed by atoms with E-state index in [1.165, 1.54) is 7.11 Å². The van der Waals surface area contributed by atoms with E-state index in [1.54, 1.807) is 10.6 Å². The van der Waals surface area contributed by atoms with Crippen molar-refractivity contribution in [3.63, 3.8) is 0 Å². The molecule has 0 aliphatic rings. The molecule has 1 aromatic carbocycles. The molecule has 0 atom stereocenters. The van der Waals surface area contributed by atoms with E-state index in [9.17, 15) is 4.79 Å². The number of nitrogens with zero attached hydrogens (tertiary/aromatic N) is 3. The number of esters is 1. The van der Waals surface area contributed by atoms with Gasteiger partial charge in [-0.25, -0.2) is 14.8 Å². The molecule has 0 unspecified atom stereocenters. The maximum Gasteiger partial charge on any atom is 0.344 e. The zero-order chi connectivity index (χ0) is 17.1. The van der Waals surface area contributed by atoms with Crippen molar-refractivity contribution in [3.8, 4) is 0 Å². The Morgan fingerprint density at radius 1 is 1.29 bits per heavy atom. The summed E-state index contributed by atoms with van der Waals surface area (Å²) in [5, 5.41) is 0. The fourth-order valence-electron chi connectivity index (χ4n) is 2.52. The second-order valence-corrected chi connectivity index (χ2v) is 5.17. The van der Waals surface area contributed by atoms with Crippen LogP contribution in [0.2, 0.25) is 0 Å². The molecule has 2 aromatic heterocycles. The highest BCUT2D eigenvalue weighted by molar-refractivity contribution is 6.08. The number of nitrogens with two attached hydrogens (primary N) is 1. The second-order valence-electron chi connectivity index (χ2n) is 5.17. The average molecular weight is 326 g/mol. The van der Waals surface area contributed by atoms with Gasteiger partial charge in [-0.1, -0.05) is 18.2 Å². The lowest BCUT2D eigenvalue weighted by atomic mass is 10.2. The van der Waals surface area contributed by atoms with Crippen molar-refractivity contribution >= 4 is 34.0 Å². The minimum atomic E-state index is -0.540. The van der Waals surface area contributed by atoms with Crippen molar-refractivity contribution in [1.29, 1.82) is 0 Å². The molecule has 0 saturated heterocycles. The van der Waals surface area contributed by atoms with E-state index in [4.69, 9.17) is 15.2 Å². The molecule has 3 rings (SSSR count). The third kappa shape index (κ3) is 2.69. The van der Waals surface area contributed by atoms with Gasteiger partial charge >= 0.3 is 5.97 Å². The van der Waals surface area contributed by atoms with Gasteiger partial charge < -0.3 is 19.8 Å². The number of rotatable bonds is 6. The van der Waals surface area contributed by atoms with Crippen LogP contribution in [0.25, 0.3) is 22.2 Å². The summed E-state index contributed by atoms with van der Waals surface area (Å²) >= 11 is 0. The van der Waals surface area contributed by atoms with Crippen LogP contribution >= 0.6 is 0 Å². The van der Waals surface area contributed by atoms with Crippen molar-refractivity contribution in [2.24, 2.45) is 0 Å². The Morgan fingerprint density at radius 3 is 2.67 bits per heavy atom. The molecule has 0 saturated carbocycles. The summed E-state index contributed by atoms with van der Waals surface area (Å²) in [4.78, 5) is 21.6. The average Bonchev–Trinajstić information content (AvgIpc) is 2.85. The van der Waals surface area contributed by atoms with Crippen molar-refractivity contribution in [2.45, 2.75) is 6.54 Å². The van der Waals surface area contributed by atoms with Crippen LogP contribution in [0.1, 0.15) is 10.4 Å². The van der Waals surface area contributed by atoms with Gasteiger partial charge in [0.1, 0.15) is 23.5 Å². The Kier molecular flexibility index (Phi) is 4.43. The molecule has 2 N–H and O–H groups in total. The first-order chi connectivity index (χ1) is 11.7. The summed E-state index contributed by atoms with van der Waals surface area (Å²) in [5.74, 6) is -0.274. The van der Waals surface area contributed by atoms with Gasteiger partial charge in [-0.2, -0.15) is 0 Å². The largest absolute Gasteiger partial charge is 0.459 e. The zero-order valence-corrected chi connectivity index (χ0v) is 13.4. The normalized spacial score (nSPS) is 11.0. The SMILES string of the molecule is C=CCn1c(N)c(C(=O)OCCOC)c2nc3ccccc3nc21. The van der Waals surface area contributed by atoms with E-state index in [2.05, 4.69) is 16.5 Å². The fourth-order valence-corrected chi connectivity index (χ4v) is 2.52. The summed E-state index contributed by atoms with van der Waals surface area (Å²) < 4.78 is 11.8. The summed E-state index contributed by atoms with van der Waals surface area (Å²) in [7, 11) is 1.54. The number of hydrogen-bond donors (Lipinski definition) is 1. The van der Waals surface area contributed by atoms with Gasteiger partial charge in [0.25, 0.3) is 0 Å². The van der Waals surface area contributed by atoms with Gasteiger partial charge in [0.15, 0.2) is 5.65 Å². The molecular weight excluding hydrogens is 308 g/mol. The molecule has 0 spiro atoms. The van der Waals surface area contributed by atoms with Crippen LogP contribution in [0, 0.1) is 0 Å². The quantitative estimate of drug-likeness (QED) is 0.424. The third-order valence-corrected chi connectivity index (χ3v) is 3.63. The Hall–Kier alpha value is -2.93. The first kappa shape index (κ1) is 15.9. The van der Waals surface area contributed by atoms with Crippen molar-refractivity contribution in [3.05, 3.63) is 42.5 Å². The van der Waals surface area contributed by atoms with E-state index < -0.39 is 5.97 Å². The molecule has 2 heterocycles. The molecule has 0 fully saturated rings. The fraction of sp³-hybridized carbons (Fsp3) is 0.235. The van der Waals surface area contributed by atoms with E-state index >= 15 is 0 Å². The summed E-state index contributed by atoms with van der Waals surface area (Å²) in [5.41, 5.74) is 8.77. The predicted molar refractivity (Wildman–Crippen MR) is 91.8 cm³/mol. The number of fused-ring (bicyclic) bond motifs is 2. The van der Waals surface area contributed by atoms with Crippen LogP contribution in [0.4, 0.5) is 5.82 Å². The Morgan fingerprint density at radius 2 is 2.00 bits per heavy atom. The number of hydrogen-bond acceptors (Lipinski definition) is 6. The van der Waals surface area contributed by atoms with Crippen LogP contribution in [0.3, 0.4) is 0 Å². The molecule has 0 aliphatic carbocycles. The summed E-state index contributed by atoms with van der Waals surface area (Å²) in [6, 6.07) is 7.44. The molecule has 7 heteroatoms. The first-order valence-electron chi connectivity index (χ1n) is 7.48. The molecule has 24 heavy (non-hydrogen) atoms. The maximum absolute atomic E-state index is 12.4. The van der Waals surface area contributed by atoms with Crippen molar-refractivity contribution < 1.29 is 14.3 Å². The number of para-hydroxylation sites is 2. The lowest BCUT2D eigenvalue weighted by Crippen LogP contribution is -2.12. The van der Waals surface area contributed by atoms with Crippen LogP contribution in [0.15, 0.2) is 36.9 Å². The number of nitrogen functional groups attached to an aromatic ring is 1. The molecule has 124 valence electrons. The molecule has 7 nitrogen and oxygen atoms in total. The number of ether oxygens (including phenoxy) is 2. The molecule has 0 aliphatic heterocycles. The van der Waals surface area contributed by atoms with Gasteiger partial charge in [-0.05, 0) is 12.1 Å². The Balaban J connectivity index is 2.19.